The van der Waals surface area contributed by atoms with Gasteiger partial charge >= 0.3 is 0 Å². The minimum absolute atomic E-state index is 0.372. The number of nitrogens with two attached hydrogens (primary N) is 1. The van der Waals surface area contributed by atoms with Crippen LogP contribution in [0.4, 0.5) is 0 Å². The van der Waals surface area contributed by atoms with Crippen LogP contribution >= 0.6 is 23.5 Å². The predicted molar refractivity (Wildman–Crippen MR) is 74.3 cm³/mol. The summed E-state index contributed by atoms with van der Waals surface area (Å²) in [5, 5.41) is 2.18. The monoisotopic (exact) mass is 261 g/mol. The highest BCUT2D eigenvalue weighted by atomic mass is 32.2. The first-order valence-electron chi connectivity index (χ1n) is 6.29. The van der Waals surface area contributed by atoms with Gasteiger partial charge in [0.05, 0.1) is 0 Å². The van der Waals surface area contributed by atoms with E-state index in [0.717, 1.165) is 36.6 Å². The number of hydrogen-bond donors (Lipinski definition) is 1. The molecule has 94 valence electrons. The lowest BCUT2D eigenvalue weighted by Crippen LogP contribution is -2.46. The number of hydrogen-bond acceptors (Lipinski definition) is 4. The molecule has 16 heavy (non-hydrogen) atoms. The van der Waals surface area contributed by atoms with Gasteiger partial charge in [-0.2, -0.15) is 23.5 Å². The van der Waals surface area contributed by atoms with E-state index >= 15 is 0 Å². The van der Waals surface area contributed by atoms with Gasteiger partial charge in [-0.25, -0.2) is 0 Å². The van der Waals surface area contributed by atoms with E-state index in [0.29, 0.717) is 17.2 Å². The number of ether oxygens (including phenoxy) is 1. The fourth-order valence-electron chi connectivity index (χ4n) is 2.41. The van der Waals surface area contributed by atoms with Crippen LogP contribution in [0.1, 0.15) is 26.7 Å². The first-order chi connectivity index (χ1) is 7.68. The Morgan fingerprint density at radius 1 is 1.19 bits per heavy atom. The molecule has 0 saturated carbocycles. The molecule has 2 heterocycles. The van der Waals surface area contributed by atoms with Gasteiger partial charge in [-0.15, -0.1) is 0 Å². The molecule has 4 atom stereocenters. The third-order valence-electron chi connectivity index (χ3n) is 3.81. The summed E-state index contributed by atoms with van der Waals surface area (Å²) in [6.45, 7) is 6.49. The summed E-state index contributed by atoms with van der Waals surface area (Å²) in [6, 6.07) is 0.372. The minimum atomic E-state index is 0.372. The van der Waals surface area contributed by atoms with Gasteiger partial charge in [0, 0.05) is 40.8 Å². The van der Waals surface area contributed by atoms with E-state index in [2.05, 4.69) is 37.4 Å². The molecule has 2 rings (SSSR count). The Labute approximate surface area is 107 Å². The largest absolute Gasteiger partial charge is 0.381 e. The minimum Gasteiger partial charge on any atom is -0.381 e. The zero-order valence-electron chi connectivity index (χ0n) is 10.2. The van der Waals surface area contributed by atoms with Crippen LogP contribution < -0.4 is 5.73 Å². The van der Waals surface area contributed by atoms with E-state index in [-0.39, 0.29) is 0 Å². The normalized spacial score (nSPS) is 39.6. The van der Waals surface area contributed by atoms with Crippen molar-refractivity contribution < 1.29 is 4.74 Å². The zero-order valence-corrected chi connectivity index (χ0v) is 11.9. The summed E-state index contributed by atoms with van der Waals surface area (Å²) >= 11 is 4.20. The molecule has 4 unspecified atom stereocenters. The quantitative estimate of drug-likeness (QED) is 0.828. The van der Waals surface area contributed by atoms with Gasteiger partial charge in [-0.3, -0.25) is 0 Å². The van der Waals surface area contributed by atoms with Gasteiger partial charge in [-0.1, -0.05) is 13.8 Å². The maximum atomic E-state index is 6.44. The molecule has 0 radical (unpaired) electrons. The SMILES string of the molecule is CC1SCC(C(N)C2CCOCC2)SC1C. The summed E-state index contributed by atoms with van der Waals surface area (Å²) in [4.78, 5) is 0. The standard InChI is InChI=1S/C12H23NOS2/c1-8-9(2)16-11(7-15-8)12(13)10-3-5-14-6-4-10/h8-12H,3-7,13H2,1-2H3. The summed E-state index contributed by atoms with van der Waals surface area (Å²) in [5.41, 5.74) is 6.44. The maximum Gasteiger partial charge on any atom is 0.0469 e. The number of rotatable bonds is 2. The molecule has 2 fully saturated rings. The lowest BCUT2D eigenvalue weighted by atomic mass is 9.90. The Hall–Kier alpha value is 0.620. The topological polar surface area (TPSA) is 35.2 Å². The van der Waals surface area contributed by atoms with Crippen LogP contribution in [0.5, 0.6) is 0 Å². The van der Waals surface area contributed by atoms with Crippen LogP contribution in [0.15, 0.2) is 0 Å². The van der Waals surface area contributed by atoms with Crippen LogP contribution in [0.3, 0.4) is 0 Å². The van der Waals surface area contributed by atoms with Crippen LogP contribution in [0, 0.1) is 5.92 Å². The van der Waals surface area contributed by atoms with Crippen molar-refractivity contribution in [1.82, 2.24) is 0 Å². The van der Waals surface area contributed by atoms with E-state index in [4.69, 9.17) is 10.5 Å². The molecule has 0 aliphatic carbocycles. The summed E-state index contributed by atoms with van der Waals surface area (Å²) < 4.78 is 5.41. The van der Waals surface area contributed by atoms with Crippen LogP contribution in [-0.2, 0) is 4.74 Å². The van der Waals surface area contributed by atoms with Crippen molar-refractivity contribution in [3.8, 4) is 0 Å². The first-order valence-corrected chi connectivity index (χ1v) is 8.28. The highest BCUT2D eigenvalue weighted by Crippen LogP contribution is 2.38. The molecule has 0 aromatic heterocycles. The van der Waals surface area contributed by atoms with E-state index < -0.39 is 0 Å². The molecule has 2 nitrogen and oxygen atoms in total. The maximum absolute atomic E-state index is 6.44. The molecular weight excluding hydrogens is 238 g/mol. The molecule has 4 heteroatoms. The van der Waals surface area contributed by atoms with Crippen LogP contribution in [0.25, 0.3) is 0 Å². The van der Waals surface area contributed by atoms with Gasteiger partial charge in [0.25, 0.3) is 0 Å². The first kappa shape index (κ1) is 13.1. The molecule has 0 amide bonds. The third kappa shape index (κ3) is 3.09. The molecule has 2 aliphatic heterocycles. The highest BCUT2D eigenvalue weighted by molar-refractivity contribution is 8.07. The predicted octanol–water partition coefficient (Wildman–Crippen LogP) is 2.37. The average Bonchev–Trinajstić information content (AvgIpc) is 2.33. The second-order valence-corrected chi connectivity index (χ2v) is 7.98. The molecular formula is C12H23NOS2. The smallest absolute Gasteiger partial charge is 0.0469 e. The van der Waals surface area contributed by atoms with Gasteiger partial charge < -0.3 is 10.5 Å². The molecule has 0 spiro atoms. The second kappa shape index (κ2) is 5.98. The lowest BCUT2D eigenvalue weighted by molar-refractivity contribution is 0.0587. The average molecular weight is 261 g/mol. The molecule has 2 aliphatic rings. The van der Waals surface area contributed by atoms with Gasteiger partial charge in [-0.05, 0) is 18.8 Å². The van der Waals surface area contributed by atoms with Gasteiger partial charge in [0.1, 0.15) is 0 Å². The Bertz CT molecular complexity index is 221. The fraction of sp³-hybridized carbons (Fsp3) is 1.00. The van der Waals surface area contributed by atoms with E-state index in [1.165, 1.54) is 5.75 Å². The molecule has 0 bridgehead atoms. The van der Waals surface area contributed by atoms with E-state index in [1.54, 1.807) is 0 Å². The molecule has 2 N–H and O–H groups in total. The summed E-state index contributed by atoms with van der Waals surface area (Å²) in [5.74, 6) is 1.92. The van der Waals surface area contributed by atoms with Crippen molar-refractivity contribution >= 4 is 23.5 Å². The molecule has 2 saturated heterocycles. The Morgan fingerprint density at radius 3 is 2.50 bits per heavy atom. The van der Waals surface area contributed by atoms with Gasteiger partial charge in [0.15, 0.2) is 0 Å². The van der Waals surface area contributed by atoms with Crippen molar-refractivity contribution in [1.29, 1.82) is 0 Å². The third-order valence-corrected chi connectivity index (χ3v) is 7.35. The van der Waals surface area contributed by atoms with Crippen LogP contribution in [-0.4, -0.2) is 40.8 Å². The van der Waals surface area contributed by atoms with E-state index in [1.807, 2.05) is 0 Å². The van der Waals surface area contributed by atoms with Crippen molar-refractivity contribution in [3.05, 3.63) is 0 Å². The van der Waals surface area contributed by atoms with E-state index in [9.17, 15) is 0 Å². The van der Waals surface area contributed by atoms with Crippen molar-refractivity contribution in [2.75, 3.05) is 19.0 Å². The highest BCUT2D eigenvalue weighted by Gasteiger charge is 2.33. The fourth-order valence-corrected chi connectivity index (χ4v) is 5.55. The van der Waals surface area contributed by atoms with Crippen molar-refractivity contribution in [3.63, 3.8) is 0 Å². The Morgan fingerprint density at radius 2 is 1.88 bits per heavy atom. The second-order valence-electron chi connectivity index (χ2n) is 4.95. The Balaban J connectivity index is 1.86. The summed E-state index contributed by atoms with van der Waals surface area (Å²) in [6.07, 6.45) is 2.32. The molecule has 0 aromatic rings. The lowest BCUT2D eigenvalue weighted by Gasteiger charge is -2.38. The van der Waals surface area contributed by atoms with Crippen molar-refractivity contribution in [2.45, 2.75) is 48.5 Å². The molecule has 0 aromatic carbocycles. The Kier molecular flexibility index (Phi) is 4.89. The van der Waals surface area contributed by atoms with Crippen molar-refractivity contribution in [2.24, 2.45) is 11.7 Å². The zero-order chi connectivity index (χ0) is 11.5. The van der Waals surface area contributed by atoms with Gasteiger partial charge in [0.2, 0.25) is 0 Å². The van der Waals surface area contributed by atoms with Crippen LogP contribution in [0.2, 0.25) is 0 Å². The number of thioether (sulfide) groups is 2. The summed E-state index contributed by atoms with van der Waals surface area (Å²) in [7, 11) is 0.